The van der Waals surface area contributed by atoms with Crippen LogP contribution in [0.3, 0.4) is 0 Å². The first-order valence-electron chi connectivity index (χ1n) is 6.65. The number of nitro benzene ring substituents is 1. The molecule has 6 heteroatoms. The number of nitro groups is 1. The number of benzene rings is 1. The minimum atomic E-state index is -0.469. The van der Waals surface area contributed by atoms with Crippen molar-refractivity contribution in [2.45, 2.75) is 19.4 Å². The van der Waals surface area contributed by atoms with Gasteiger partial charge >= 0.3 is 0 Å². The van der Waals surface area contributed by atoms with Crippen LogP contribution in [0.2, 0.25) is 0 Å². The number of rotatable bonds is 3. The van der Waals surface area contributed by atoms with Crippen molar-refractivity contribution in [3.05, 3.63) is 68.7 Å². The lowest BCUT2D eigenvalue weighted by Gasteiger charge is -2.12. The molecule has 3 rings (SSSR count). The number of aromatic nitrogens is 2. The molecular weight excluding hydrogens is 270 g/mol. The molecule has 106 valence electrons. The predicted molar refractivity (Wildman–Crippen MR) is 79.1 cm³/mol. The lowest BCUT2D eigenvalue weighted by atomic mass is 10.1. The summed E-state index contributed by atoms with van der Waals surface area (Å²) < 4.78 is 1.59. The fourth-order valence-corrected chi connectivity index (χ4v) is 2.40. The maximum Gasteiger partial charge on any atom is 0.271 e. The highest BCUT2D eigenvalue weighted by atomic mass is 16.6. The summed E-state index contributed by atoms with van der Waals surface area (Å²) >= 11 is 0. The van der Waals surface area contributed by atoms with Crippen molar-refractivity contribution >= 4 is 16.7 Å². The monoisotopic (exact) mass is 283 g/mol. The summed E-state index contributed by atoms with van der Waals surface area (Å²) in [6.07, 6.45) is 9.38. The third kappa shape index (κ3) is 2.60. The average Bonchev–Trinajstić information content (AvgIpc) is 2.50. The Bertz CT molecular complexity index is 834. The molecule has 1 aromatic heterocycles. The van der Waals surface area contributed by atoms with Gasteiger partial charge in [-0.15, -0.1) is 0 Å². The van der Waals surface area contributed by atoms with Crippen LogP contribution in [0.4, 0.5) is 5.69 Å². The van der Waals surface area contributed by atoms with E-state index in [0.717, 1.165) is 18.4 Å². The van der Waals surface area contributed by atoms with Crippen LogP contribution < -0.4 is 5.56 Å². The van der Waals surface area contributed by atoms with E-state index in [1.807, 2.05) is 6.08 Å². The van der Waals surface area contributed by atoms with E-state index < -0.39 is 4.92 Å². The standard InChI is InChI=1S/C15H13N3O3/c19-15-9-16-13-8-12(18(20)21)6-7-14(13)17(15)10-11-4-2-1-3-5-11/h2,4-9H,1,3,10H2. The predicted octanol–water partition coefficient (Wildman–Crippen LogP) is 2.58. The van der Waals surface area contributed by atoms with Crippen molar-refractivity contribution in [1.82, 2.24) is 9.55 Å². The van der Waals surface area contributed by atoms with Crippen LogP contribution in [-0.4, -0.2) is 14.5 Å². The van der Waals surface area contributed by atoms with E-state index in [-0.39, 0.29) is 11.2 Å². The number of hydrogen-bond acceptors (Lipinski definition) is 4. The summed E-state index contributed by atoms with van der Waals surface area (Å²) in [6.45, 7) is 0.451. The van der Waals surface area contributed by atoms with Crippen LogP contribution in [0.1, 0.15) is 12.8 Å². The molecule has 1 aliphatic carbocycles. The van der Waals surface area contributed by atoms with Crippen LogP contribution in [0, 0.1) is 10.1 Å². The second-order valence-corrected chi connectivity index (χ2v) is 4.87. The molecule has 21 heavy (non-hydrogen) atoms. The number of fused-ring (bicyclic) bond motifs is 1. The molecule has 0 atom stereocenters. The normalized spacial score (nSPS) is 14.2. The molecule has 1 aromatic carbocycles. The van der Waals surface area contributed by atoms with Crippen LogP contribution in [0.5, 0.6) is 0 Å². The van der Waals surface area contributed by atoms with E-state index >= 15 is 0 Å². The molecule has 0 bridgehead atoms. The molecule has 0 fully saturated rings. The van der Waals surface area contributed by atoms with Gasteiger partial charge in [-0.05, 0) is 24.5 Å². The van der Waals surface area contributed by atoms with Crippen LogP contribution in [0.15, 0.2) is 53.0 Å². The number of non-ortho nitro benzene ring substituents is 1. The van der Waals surface area contributed by atoms with Gasteiger partial charge in [-0.25, -0.2) is 4.98 Å². The minimum Gasteiger partial charge on any atom is -0.301 e. The molecule has 0 amide bonds. The number of nitrogens with zero attached hydrogens (tertiary/aromatic N) is 3. The van der Waals surface area contributed by atoms with Crippen molar-refractivity contribution in [2.75, 3.05) is 0 Å². The van der Waals surface area contributed by atoms with E-state index in [4.69, 9.17) is 0 Å². The maximum absolute atomic E-state index is 12.0. The molecule has 1 heterocycles. The summed E-state index contributed by atoms with van der Waals surface area (Å²) in [4.78, 5) is 26.4. The highest BCUT2D eigenvalue weighted by Crippen LogP contribution is 2.19. The summed E-state index contributed by atoms with van der Waals surface area (Å²) in [5, 5.41) is 10.8. The number of allylic oxidation sites excluding steroid dienone is 4. The van der Waals surface area contributed by atoms with Crippen LogP contribution in [-0.2, 0) is 6.54 Å². The Morgan fingerprint density at radius 2 is 2.19 bits per heavy atom. The van der Waals surface area contributed by atoms with Gasteiger partial charge in [-0.3, -0.25) is 14.9 Å². The van der Waals surface area contributed by atoms with Gasteiger partial charge < -0.3 is 4.57 Å². The Hall–Kier alpha value is -2.76. The summed E-state index contributed by atoms with van der Waals surface area (Å²) in [5.41, 5.74) is 1.87. The zero-order valence-electron chi connectivity index (χ0n) is 11.2. The van der Waals surface area contributed by atoms with Gasteiger partial charge in [0.05, 0.1) is 28.7 Å². The lowest BCUT2D eigenvalue weighted by molar-refractivity contribution is -0.384. The molecule has 0 saturated heterocycles. The van der Waals surface area contributed by atoms with Gasteiger partial charge in [0.15, 0.2) is 0 Å². The third-order valence-corrected chi connectivity index (χ3v) is 3.45. The van der Waals surface area contributed by atoms with Gasteiger partial charge in [-0.1, -0.05) is 18.2 Å². The maximum atomic E-state index is 12.0. The zero-order chi connectivity index (χ0) is 14.8. The van der Waals surface area contributed by atoms with E-state index in [9.17, 15) is 14.9 Å². The largest absolute Gasteiger partial charge is 0.301 e. The molecule has 0 spiro atoms. The Balaban J connectivity index is 2.10. The molecule has 0 unspecified atom stereocenters. The Morgan fingerprint density at radius 1 is 1.33 bits per heavy atom. The van der Waals surface area contributed by atoms with Gasteiger partial charge in [0, 0.05) is 12.1 Å². The zero-order valence-corrected chi connectivity index (χ0v) is 11.2. The minimum absolute atomic E-state index is 0.0306. The third-order valence-electron chi connectivity index (χ3n) is 3.45. The molecule has 0 aliphatic heterocycles. The van der Waals surface area contributed by atoms with Crippen molar-refractivity contribution < 1.29 is 4.92 Å². The summed E-state index contributed by atoms with van der Waals surface area (Å²) in [5.74, 6) is 0. The molecule has 6 nitrogen and oxygen atoms in total. The highest BCUT2D eigenvalue weighted by molar-refractivity contribution is 5.77. The van der Waals surface area contributed by atoms with E-state index in [0.29, 0.717) is 17.6 Å². The van der Waals surface area contributed by atoms with E-state index in [2.05, 4.69) is 17.1 Å². The van der Waals surface area contributed by atoms with E-state index in [1.54, 1.807) is 10.6 Å². The van der Waals surface area contributed by atoms with Crippen LogP contribution in [0.25, 0.3) is 11.0 Å². The second kappa shape index (κ2) is 5.32. The second-order valence-electron chi connectivity index (χ2n) is 4.87. The van der Waals surface area contributed by atoms with E-state index in [1.165, 1.54) is 18.3 Å². The Morgan fingerprint density at radius 3 is 2.90 bits per heavy atom. The first-order valence-corrected chi connectivity index (χ1v) is 6.65. The smallest absolute Gasteiger partial charge is 0.271 e. The quantitative estimate of drug-likeness (QED) is 0.640. The number of hydrogen-bond donors (Lipinski definition) is 0. The topological polar surface area (TPSA) is 78.0 Å². The highest BCUT2D eigenvalue weighted by Gasteiger charge is 2.11. The van der Waals surface area contributed by atoms with Crippen molar-refractivity contribution in [3.63, 3.8) is 0 Å². The molecular formula is C15H13N3O3. The Kier molecular flexibility index (Phi) is 3.35. The molecule has 0 radical (unpaired) electrons. The SMILES string of the molecule is O=c1cnc2cc([N+](=O)[O-])ccc2n1CC1=CCCC=C1. The fraction of sp³-hybridized carbons (Fsp3) is 0.200. The van der Waals surface area contributed by atoms with Gasteiger partial charge in [0.1, 0.15) is 0 Å². The summed E-state index contributed by atoms with van der Waals surface area (Å²) in [6, 6.07) is 4.36. The van der Waals surface area contributed by atoms with Crippen LogP contribution >= 0.6 is 0 Å². The average molecular weight is 283 g/mol. The van der Waals surface area contributed by atoms with Crippen molar-refractivity contribution in [2.24, 2.45) is 0 Å². The Labute approximate surface area is 120 Å². The molecule has 2 aromatic rings. The first kappa shape index (κ1) is 13.2. The fourth-order valence-electron chi connectivity index (χ4n) is 2.40. The summed E-state index contributed by atoms with van der Waals surface area (Å²) in [7, 11) is 0. The molecule has 1 aliphatic rings. The van der Waals surface area contributed by atoms with Crippen molar-refractivity contribution in [3.8, 4) is 0 Å². The van der Waals surface area contributed by atoms with Gasteiger partial charge in [0.25, 0.3) is 11.2 Å². The first-order chi connectivity index (χ1) is 10.1. The molecule has 0 saturated carbocycles. The van der Waals surface area contributed by atoms with Gasteiger partial charge in [-0.2, -0.15) is 0 Å². The van der Waals surface area contributed by atoms with Gasteiger partial charge in [0.2, 0.25) is 0 Å². The molecule has 0 N–H and O–H groups in total. The lowest BCUT2D eigenvalue weighted by Crippen LogP contribution is -2.21. The van der Waals surface area contributed by atoms with Crippen molar-refractivity contribution in [1.29, 1.82) is 0 Å².